The number of carbonyl (C=O) groups is 1. The lowest BCUT2D eigenvalue weighted by molar-refractivity contribution is 0.0700. The molecule has 6 nitrogen and oxygen atoms in total. The van der Waals surface area contributed by atoms with Crippen LogP contribution in [0.5, 0.6) is 11.5 Å². The minimum absolute atomic E-state index is 0.0161. The predicted octanol–water partition coefficient (Wildman–Crippen LogP) is 3.80. The molecule has 170 valence electrons. The van der Waals surface area contributed by atoms with Gasteiger partial charge in [-0.25, -0.2) is 0 Å². The van der Waals surface area contributed by atoms with Crippen molar-refractivity contribution in [3.8, 4) is 23.3 Å². The Bertz CT molecular complexity index is 1310. The van der Waals surface area contributed by atoms with Crippen LogP contribution in [0.3, 0.4) is 0 Å². The fourth-order valence-corrected chi connectivity index (χ4v) is 5.23. The van der Waals surface area contributed by atoms with Gasteiger partial charge in [-0.3, -0.25) is 4.79 Å². The monoisotopic (exact) mass is 452 g/mol. The lowest BCUT2D eigenvalue weighted by atomic mass is 9.82. The van der Waals surface area contributed by atoms with Crippen LogP contribution < -0.4 is 14.8 Å². The van der Waals surface area contributed by atoms with Crippen molar-refractivity contribution in [2.45, 2.75) is 18.5 Å². The fraction of sp³-hybridized carbons (Fsp3) is 0.250. The molecule has 0 saturated carbocycles. The van der Waals surface area contributed by atoms with Gasteiger partial charge in [-0.05, 0) is 60.5 Å². The summed E-state index contributed by atoms with van der Waals surface area (Å²) in [6, 6.07) is 21.0. The largest absolute Gasteiger partial charge is 0.454 e. The third-order valence-corrected chi connectivity index (χ3v) is 6.87. The Hall–Kier alpha value is -3.95. The second-order valence-electron chi connectivity index (χ2n) is 8.82. The highest BCUT2D eigenvalue weighted by Crippen LogP contribution is 2.47. The highest BCUT2D eigenvalue weighted by molar-refractivity contribution is 5.95. The van der Waals surface area contributed by atoms with Gasteiger partial charge in [0.2, 0.25) is 6.79 Å². The van der Waals surface area contributed by atoms with Crippen molar-refractivity contribution in [1.82, 2.24) is 4.90 Å². The molecule has 0 spiro atoms. The zero-order chi connectivity index (χ0) is 23.1. The summed E-state index contributed by atoms with van der Waals surface area (Å²) in [7, 11) is 0. The Morgan fingerprint density at radius 2 is 1.82 bits per heavy atom. The van der Waals surface area contributed by atoms with Crippen LogP contribution in [0.15, 0.2) is 66.7 Å². The van der Waals surface area contributed by atoms with E-state index in [4.69, 9.17) is 9.47 Å². The van der Waals surface area contributed by atoms with E-state index in [9.17, 15) is 9.90 Å². The molecule has 34 heavy (non-hydrogen) atoms. The fourth-order valence-electron chi connectivity index (χ4n) is 5.23. The Kier molecular flexibility index (Phi) is 5.12. The zero-order valence-corrected chi connectivity index (χ0v) is 18.5. The summed E-state index contributed by atoms with van der Waals surface area (Å²) in [5.41, 5.74) is 4.41. The standard InChI is InChI=1S/C28H24N2O4/c31-16-24-21-12-13-30(28(32)20-9-11-25-26(15-20)34-17-33-25)27(21)22-14-19(8-10-23(22)29-24)7-6-18-4-2-1-3-5-18/h1-5,8-11,14-15,21,24,27,29,31H,12-13,16-17H2/t21-,24-,27-/m1/s1. The molecule has 6 rings (SSSR count). The van der Waals surface area contributed by atoms with Gasteiger partial charge < -0.3 is 24.8 Å². The number of amides is 1. The molecule has 2 N–H and O–H groups in total. The molecular formula is C28H24N2O4. The number of rotatable bonds is 2. The molecule has 3 aromatic carbocycles. The number of hydrogen-bond donors (Lipinski definition) is 2. The first kappa shape index (κ1) is 20.6. The first-order valence-corrected chi connectivity index (χ1v) is 11.5. The van der Waals surface area contributed by atoms with E-state index in [-0.39, 0.29) is 37.3 Å². The summed E-state index contributed by atoms with van der Waals surface area (Å²) in [6.07, 6.45) is 0.818. The zero-order valence-electron chi connectivity index (χ0n) is 18.5. The number of carbonyl (C=O) groups excluding carboxylic acids is 1. The molecule has 1 saturated heterocycles. The number of aliphatic hydroxyl groups excluding tert-OH is 1. The summed E-state index contributed by atoms with van der Waals surface area (Å²) in [4.78, 5) is 15.6. The Labute approximate surface area is 198 Å². The van der Waals surface area contributed by atoms with Gasteiger partial charge in [0.15, 0.2) is 11.5 Å². The van der Waals surface area contributed by atoms with Gasteiger partial charge in [0.25, 0.3) is 5.91 Å². The van der Waals surface area contributed by atoms with Crippen LogP contribution in [0.1, 0.15) is 39.5 Å². The lowest BCUT2D eigenvalue weighted by Gasteiger charge is -2.39. The summed E-state index contributed by atoms with van der Waals surface area (Å²) in [6.45, 7) is 0.813. The lowest BCUT2D eigenvalue weighted by Crippen LogP contribution is -2.42. The molecule has 3 aromatic rings. The third kappa shape index (κ3) is 3.55. The number of likely N-dealkylation sites (tertiary alicyclic amines) is 1. The average Bonchev–Trinajstić information content (AvgIpc) is 3.54. The van der Waals surface area contributed by atoms with Gasteiger partial charge >= 0.3 is 0 Å². The molecule has 1 amide bonds. The normalized spacial score (nSPS) is 21.7. The summed E-state index contributed by atoms with van der Waals surface area (Å²) < 4.78 is 10.9. The number of nitrogens with zero attached hydrogens (tertiary/aromatic N) is 1. The molecule has 0 bridgehead atoms. The number of ether oxygens (including phenoxy) is 2. The molecule has 6 heteroatoms. The molecule has 0 aliphatic carbocycles. The SMILES string of the molecule is O=C(c1ccc2c(c1)OCO2)N1CC[C@@H]2[C@@H](CO)Nc3ccc(C#Cc4ccccc4)cc3[C@@H]21. The maximum Gasteiger partial charge on any atom is 0.254 e. The molecule has 0 radical (unpaired) electrons. The van der Waals surface area contributed by atoms with Crippen molar-refractivity contribution >= 4 is 11.6 Å². The van der Waals surface area contributed by atoms with Crippen LogP contribution >= 0.6 is 0 Å². The number of hydrogen-bond acceptors (Lipinski definition) is 5. The number of benzene rings is 3. The highest BCUT2D eigenvalue weighted by Gasteiger charge is 2.46. The summed E-state index contributed by atoms with van der Waals surface area (Å²) in [5, 5.41) is 13.5. The van der Waals surface area contributed by atoms with Crippen molar-refractivity contribution in [3.05, 3.63) is 89.0 Å². The second-order valence-corrected chi connectivity index (χ2v) is 8.82. The van der Waals surface area contributed by atoms with Crippen molar-refractivity contribution in [1.29, 1.82) is 0 Å². The molecule has 1 fully saturated rings. The Morgan fingerprint density at radius 3 is 2.68 bits per heavy atom. The van der Waals surface area contributed by atoms with Gasteiger partial charge in [0, 0.05) is 34.8 Å². The molecule has 0 aromatic heterocycles. The van der Waals surface area contributed by atoms with Crippen LogP contribution in [0.2, 0.25) is 0 Å². The van der Waals surface area contributed by atoms with E-state index in [0.29, 0.717) is 23.6 Å². The van der Waals surface area contributed by atoms with E-state index < -0.39 is 0 Å². The number of aliphatic hydroxyl groups is 1. The van der Waals surface area contributed by atoms with Crippen molar-refractivity contribution in [2.24, 2.45) is 5.92 Å². The minimum Gasteiger partial charge on any atom is -0.454 e. The van der Waals surface area contributed by atoms with Crippen molar-refractivity contribution in [2.75, 3.05) is 25.3 Å². The van der Waals surface area contributed by atoms with E-state index in [1.54, 1.807) is 18.2 Å². The molecule has 3 heterocycles. The van der Waals surface area contributed by atoms with E-state index in [0.717, 1.165) is 28.8 Å². The average molecular weight is 453 g/mol. The second kappa shape index (κ2) is 8.44. The van der Waals surface area contributed by atoms with Crippen molar-refractivity contribution in [3.63, 3.8) is 0 Å². The topological polar surface area (TPSA) is 71.0 Å². The van der Waals surface area contributed by atoms with Gasteiger partial charge in [-0.2, -0.15) is 0 Å². The van der Waals surface area contributed by atoms with E-state index in [1.807, 2.05) is 47.4 Å². The first-order valence-electron chi connectivity index (χ1n) is 11.5. The Balaban J connectivity index is 1.36. The van der Waals surface area contributed by atoms with Crippen LogP contribution in [0.25, 0.3) is 0 Å². The minimum atomic E-state index is -0.134. The summed E-state index contributed by atoms with van der Waals surface area (Å²) >= 11 is 0. The van der Waals surface area contributed by atoms with Crippen LogP contribution in [-0.4, -0.2) is 41.9 Å². The van der Waals surface area contributed by atoms with Gasteiger partial charge in [-0.15, -0.1) is 0 Å². The molecule has 3 aliphatic heterocycles. The van der Waals surface area contributed by atoms with Gasteiger partial charge in [0.1, 0.15) is 0 Å². The highest BCUT2D eigenvalue weighted by atomic mass is 16.7. The van der Waals surface area contributed by atoms with Crippen molar-refractivity contribution < 1.29 is 19.4 Å². The maximum absolute atomic E-state index is 13.6. The number of fused-ring (bicyclic) bond motifs is 4. The van der Waals surface area contributed by atoms with Crippen LogP contribution in [-0.2, 0) is 0 Å². The predicted molar refractivity (Wildman–Crippen MR) is 128 cm³/mol. The van der Waals surface area contributed by atoms with Crippen LogP contribution in [0, 0.1) is 17.8 Å². The summed E-state index contributed by atoms with van der Waals surface area (Å²) in [5.74, 6) is 7.80. The molecule has 0 unspecified atom stereocenters. The molecule has 3 aliphatic rings. The first-order chi connectivity index (χ1) is 16.7. The molecular weight excluding hydrogens is 428 g/mol. The van der Waals surface area contributed by atoms with Gasteiger partial charge in [0.05, 0.1) is 18.7 Å². The molecule has 3 atom stereocenters. The van der Waals surface area contributed by atoms with Gasteiger partial charge in [-0.1, -0.05) is 30.0 Å². The number of nitrogens with one attached hydrogen (secondary N) is 1. The smallest absolute Gasteiger partial charge is 0.254 e. The van der Waals surface area contributed by atoms with E-state index in [1.165, 1.54) is 0 Å². The maximum atomic E-state index is 13.6. The van der Waals surface area contributed by atoms with Crippen LogP contribution in [0.4, 0.5) is 5.69 Å². The van der Waals surface area contributed by atoms with E-state index >= 15 is 0 Å². The number of anilines is 1. The quantitative estimate of drug-likeness (QED) is 0.579. The Morgan fingerprint density at radius 1 is 1.00 bits per heavy atom. The third-order valence-electron chi connectivity index (χ3n) is 6.87. The van der Waals surface area contributed by atoms with E-state index in [2.05, 4.69) is 23.2 Å².